The third-order valence-electron chi connectivity index (χ3n) is 5.30. The van der Waals surface area contributed by atoms with Gasteiger partial charge in [0.2, 0.25) is 5.91 Å². The van der Waals surface area contributed by atoms with Crippen LogP contribution in [0.3, 0.4) is 0 Å². The fraction of sp³-hybridized carbons (Fsp3) is 0.208. The molecule has 0 aliphatic carbocycles. The van der Waals surface area contributed by atoms with E-state index in [1.54, 1.807) is 0 Å². The second-order valence-electron chi connectivity index (χ2n) is 7.03. The molecule has 1 amide bonds. The first kappa shape index (κ1) is 17.5. The van der Waals surface area contributed by atoms with Crippen molar-refractivity contribution in [3.05, 3.63) is 90.5 Å². The van der Waals surface area contributed by atoms with Gasteiger partial charge in [-0.05, 0) is 35.7 Å². The highest BCUT2D eigenvalue weighted by Gasteiger charge is 2.32. The molecule has 1 aliphatic rings. The first-order valence-electron chi connectivity index (χ1n) is 9.47. The Morgan fingerprint density at radius 3 is 2.04 bits per heavy atom. The number of carbonyl (C=O) groups excluding carboxylic acids is 1. The Kier molecular flexibility index (Phi) is 5.03. The summed E-state index contributed by atoms with van der Waals surface area (Å²) in [5.74, 6) is 0.171. The Bertz CT molecular complexity index is 891. The van der Waals surface area contributed by atoms with Gasteiger partial charge in [-0.3, -0.25) is 9.69 Å². The summed E-state index contributed by atoms with van der Waals surface area (Å²) in [6.45, 7) is 4.42. The molecule has 0 N–H and O–H groups in total. The molecule has 136 valence electrons. The summed E-state index contributed by atoms with van der Waals surface area (Å²) < 4.78 is 0. The predicted molar refractivity (Wildman–Crippen MR) is 111 cm³/mol. The molecule has 3 aromatic carbocycles. The van der Waals surface area contributed by atoms with E-state index in [4.69, 9.17) is 0 Å². The molecule has 4 rings (SSSR count). The lowest BCUT2D eigenvalue weighted by Gasteiger charge is -2.39. The molecule has 0 saturated carbocycles. The summed E-state index contributed by atoms with van der Waals surface area (Å²) in [5.41, 5.74) is 4.59. The summed E-state index contributed by atoms with van der Waals surface area (Å²) in [6, 6.07) is 28.8. The largest absolute Gasteiger partial charge is 0.310 e. The first-order chi connectivity index (χ1) is 13.2. The van der Waals surface area contributed by atoms with Gasteiger partial charge in [-0.1, -0.05) is 72.8 Å². The Hall–Kier alpha value is -2.91. The summed E-state index contributed by atoms with van der Waals surface area (Å²) in [5, 5.41) is 0. The zero-order chi connectivity index (χ0) is 18.6. The number of benzene rings is 3. The number of nitrogens with zero attached hydrogens (tertiary/aromatic N) is 2. The molecule has 0 aromatic heterocycles. The van der Waals surface area contributed by atoms with Gasteiger partial charge >= 0.3 is 0 Å². The Morgan fingerprint density at radius 2 is 1.37 bits per heavy atom. The van der Waals surface area contributed by atoms with Crippen LogP contribution in [0.1, 0.15) is 12.5 Å². The van der Waals surface area contributed by atoms with Crippen molar-refractivity contribution < 1.29 is 4.79 Å². The lowest BCUT2D eigenvalue weighted by Crippen LogP contribution is -2.55. The summed E-state index contributed by atoms with van der Waals surface area (Å²) in [4.78, 5) is 17.1. The van der Waals surface area contributed by atoms with Crippen LogP contribution in [-0.2, 0) is 11.3 Å². The molecule has 0 unspecified atom stereocenters. The van der Waals surface area contributed by atoms with Gasteiger partial charge in [-0.25, -0.2) is 0 Å². The molecular formula is C24H24N2O. The van der Waals surface area contributed by atoms with Crippen molar-refractivity contribution in [2.75, 3.05) is 18.0 Å². The smallest absolute Gasteiger partial charge is 0.244 e. The van der Waals surface area contributed by atoms with Crippen molar-refractivity contribution in [2.24, 2.45) is 0 Å². The average molecular weight is 356 g/mol. The normalized spacial score (nSPS) is 17.9. The zero-order valence-electron chi connectivity index (χ0n) is 15.6. The van der Waals surface area contributed by atoms with E-state index in [2.05, 4.69) is 53.4 Å². The minimum Gasteiger partial charge on any atom is -0.310 e. The number of amides is 1. The van der Waals surface area contributed by atoms with E-state index in [1.807, 2.05) is 48.2 Å². The van der Waals surface area contributed by atoms with Gasteiger partial charge in [0.15, 0.2) is 0 Å². The quantitative estimate of drug-likeness (QED) is 0.682. The van der Waals surface area contributed by atoms with Crippen molar-refractivity contribution in [1.82, 2.24) is 4.90 Å². The minimum atomic E-state index is -0.118. The second kappa shape index (κ2) is 7.77. The van der Waals surface area contributed by atoms with Crippen molar-refractivity contribution in [3.8, 4) is 11.1 Å². The highest BCUT2D eigenvalue weighted by molar-refractivity contribution is 5.97. The molecule has 1 saturated heterocycles. The van der Waals surface area contributed by atoms with E-state index in [0.717, 1.165) is 25.3 Å². The van der Waals surface area contributed by atoms with Crippen LogP contribution in [0.15, 0.2) is 84.9 Å². The maximum Gasteiger partial charge on any atom is 0.244 e. The van der Waals surface area contributed by atoms with Gasteiger partial charge in [-0.15, -0.1) is 0 Å². The maximum absolute atomic E-state index is 13.0. The van der Waals surface area contributed by atoms with Crippen LogP contribution in [0, 0.1) is 0 Å². The summed E-state index contributed by atoms with van der Waals surface area (Å²) in [6.07, 6.45) is 0. The number of rotatable bonds is 4. The molecule has 3 nitrogen and oxygen atoms in total. The standard InChI is InChI=1S/C24H24N2O/c1-19-24(27)26(17-16-25(19)18-20-8-4-2-5-9-20)23-14-12-22(13-15-23)21-10-6-3-7-11-21/h2-15,19H,16-18H2,1H3/t19-/m0/s1. The van der Waals surface area contributed by atoms with Gasteiger partial charge in [-0.2, -0.15) is 0 Å². The Labute approximate surface area is 160 Å². The third-order valence-corrected chi connectivity index (χ3v) is 5.30. The summed E-state index contributed by atoms with van der Waals surface area (Å²) in [7, 11) is 0. The average Bonchev–Trinajstić information content (AvgIpc) is 2.73. The van der Waals surface area contributed by atoms with Crippen LogP contribution < -0.4 is 4.90 Å². The molecule has 1 heterocycles. The summed E-state index contributed by atoms with van der Waals surface area (Å²) >= 11 is 0. The van der Waals surface area contributed by atoms with Gasteiger partial charge in [0.05, 0.1) is 6.04 Å². The molecule has 3 aromatic rings. The minimum absolute atomic E-state index is 0.118. The number of hydrogen-bond donors (Lipinski definition) is 0. The number of hydrogen-bond acceptors (Lipinski definition) is 2. The van der Waals surface area contributed by atoms with Crippen LogP contribution >= 0.6 is 0 Å². The van der Waals surface area contributed by atoms with Crippen molar-refractivity contribution in [3.63, 3.8) is 0 Å². The maximum atomic E-state index is 13.0. The van der Waals surface area contributed by atoms with Crippen LogP contribution in [-0.4, -0.2) is 29.9 Å². The van der Waals surface area contributed by atoms with Gasteiger partial charge in [0.1, 0.15) is 0 Å². The fourth-order valence-corrected chi connectivity index (χ4v) is 3.67. The lowest BCUT2D eigenvalue weighted by molar-refractivity contribution is -0.125. The van der Waals surface area contributed by atoms with Crippen molar-refractivity contribution in [1.29, 1.82) is 0 Å². The molecule has 3 heteroatoms. The van der Waals surface area contributed by atoms with Crippen molar-refractivity contribution >= 4 is 11.6 Å². The van der Waals surface area contributed by atoms with E-state index in [9.17, 15) is 4.79 Å². The third kappa shape index (κ3) is 3.79. The van der Waals surface area contributed by atoms with Crippen molar-refractivity contribution in [2.45, 2.75) is 19.5 Å². The SMILES string of the molecule is C[C@H]1C(=O)N(c2ccc(-c3ccccc3)cc2)CCN1Cc1ccccc1. The van der Waals surface area contributed by atoms with Crippen LogP contribution in [0.4, 0.5) is 5.69 Å². The van der Waals surface area contributed by atoms with E-state index >= 15 is 0 Å². The Balaban J connectivity index is 1.47. The zero-order valence-corrected chi connectivity index (χ0v) is 15.6. The van der Waals surface area contributed by atoms with E-state index in [0.29, 0.717) is 0 Å². The van der Waals surface area contributed by atoms with Crippen LogP contribution in [0.25, 0.3) is 11.1 Å². The van der Waals surface area contributed by atoms with Crippen LogP contribution in [0.5, 0.6) is 0 Å². The van der Waals surface area contributed by atoms with Gasteiger partial charge in [0.25, 0.3) is 0 Å². The number of carbonyl (C=O) groups is 1. The van der Waals surface area contributed by atoms with E-state index in [-0.39, 0.29) is 11.9 Å². The molecule has 0 spiro atoms. The second-order valence-corrected chi connectivity index (χ2v) is 7.03. The van der Waals surface area contributed by atoms with Crippen LogP contribution in [0.2, 0.25) is 0 Å². The van der Waals surface area contributed by atoms with E-state index < -0.39 is 0 Å². The fourth-order valence-electron chi connectivity index (χ4n) is 3.67. The first-order valence-corrected chi connectivity index (χ1v) is 9.47. The highest BCUT2D eigenvalue weighted by Crippen LogP contribution is 2.26. The highest BCUT2D eigenvalue weighted by atomic mass is 16.2. The molecule has 1 aliphatic heterocycles. The molecular weight excluding hydrogens is 332 g/mol. The molecule has 27 heavy (non-hydrogen) atoms. The van der Waals surface area contributed by atoms with Gasteiger partial charge in [0, 0.05) is 25.3 Å². The molecule has 0 radical (unpaired) electrons. The molecule has 1 fully saturated rings. The topological polar surface area (TPSA) is 23.6 Å². The van der Waals surface area contributed by atoms with Gasteiger partial charge < -0.3 is 4.90 Å². The lowest BCUT2D eigenvalue weighted by atomic mass is 10.0. The number of anilines is 1. The monoisotopic (exact) mass is 356 g/mol. The number of piperazine rings is 1. The molecule has 1 atom stereocenters. The van der Waals surface area contributed by atoms with E-state index in [1.165, 1.54) is 16.7 Å². The Morgan fingerprint density at radius 1 is 0.778 bits per heavy atom. The molecule has 0 bridgehead atoms. The predicted octanol–water partition coefficient (Wildman–Crippen LogP) is 4.59.